The molecule has 2 heterocycles. The third-order valence-corrected chi connectivity index (χ3v) is 4.56. The molecule has 2 rings (SSSR count). The van der Waals surface area contributed by atoms with Gasteiger partial charge in [-0.05, 0) is 58.1 Å². The molecule has 1 amide bonds. The molecule has 6 nitrogen and oxygen atoms in total. The summed E-state index contributed by atoms with van der Waals surface area (Å²) in [4.78, 5) is 30.4. The zero-order chi connectivity index (χ0) is 19.3. The maximum atomic E-state index is 12.7. The topological polar surface area (TPSA) is 79.7 Å². The summed E-state index contributed by atoms with van der Waals surface area (Å²) in [5, 5.41) is 9.75. The van der Waals surface area contributed by atoms with Gasteiger partial charge in [0, 0.05) is 18.9 Å². The van der Waals surface area contributed by atoms with Crippen LogP contribution < -0.4 is 0 Å². The fourth-order valence-corrected chi connectivity index (χ4v) is 3.48. The van der Waals surface area contributed by atoms with Crippen LogP contribution in [0.5, 0.6) is 0 Å². The van der Waals surface area contributed by atoms with Gasteiger partial charge in [0.2, 0.25) is 0 Å². The molecule has 0 radical (unpaired) electrons. The molecule has 3 atom stereocenters. The molecular weight excluding hydrogens is 332 g/mol. The molecule has 1 aliphatic rings. The average Bonchev–Trinajstić information content (AvgIpc) is 2.99. The van der Waals surface area contributed by atoms with Crippen LogP contribution in [0.25, 0.3) is 0 Å². The van der Waals surface area contributed by atoms with E-state index in [4.69, 9.17) is 4.74 Å². The fourth-order valence-electron chi connectivity index (χ4n) is 3.48. The Bertz CT molecular complexity index is 652. The van der Waals surface area contributed by atoms with E-state index in [2.05, 4.69) is 4.98 Å². The van der Waals surface area contributed by atoms with Gasteiger partial charge in [0.05, 0.1) is 12.0 Å². The van der Waals surface area contributed by atoms with Crippen LogP contribution in [0, 0.1) is 11.8 Å². The summed E-state index contributed by atoms with van der Waals surface area (Å²) in [7, 11) is 0. The summed E-state index contributed by atoms with van der Waals surface area (Å²) >= 11 is 0. The van der Waals surface area contributed by atoms with Crippen molar-refractivity contribution in [3.63, 3.8) is 0 Å². The fraction of sp³-hybridized carbons (Fsp3) is 0.550. The molecule has 0 saturated carbocycles. The maximum Gasteiger partial charge on any atom is 0.410 e. The lowest BCUT2D eigenvalue weighted by Gasteiger charge is -2.32. The largest absolute Gasteiger partial charge is 0.481 e. The Morgan fingerprint density at radius 1 is 1.46 bits per heavy atom. The lowest BCUT2D eigenvalue weighted by Crippen LogP contribution is -2.38. The number of hydrogen-bond acceptors (Lipinski definition) is 4. The van der Waals surface area contributed by atoms with Gasteiger partial charge in [-0.2, -0.15) is 0 Å². The van der Waals surface area contributed by atoms with Gasteiger partial charge >= 0.3 is 12.1 Å². The highest BCUT2D eigenvalue weighted by molar-refractivity contribution is 5.72. The highest BCUT2D eigenvalue weighted by Gasteiger charge is 2.45. The van der Waals surface area contributed by atoms with E-state index >= 15 is 0 Å². The van der Waals surface area contributed by atoms with E-state index in [1.165, 1.54) is 0 Å². The van der Waals surface area contributed by atoms with Crippen LogP contribution in [-0.4, -0.2) is 39.2 Å². The number of carbonyl (C=O) groups excluding carboxylic acids is 1. The minimum absolute atomic E-state index is 0.194. The number of nitrogens with zero attached hydrogens (tertiary/aromatic N) is 2. The number of likely N-dealkylation sites (tertiary alicyclic amines) is 1. The molecule has 0 aromatic carbocycles. The Hall–Kier alpha value is -2.37. The van der Waals surface area contributed by atoms with E-state index < -0.39 is 23.6 Å². The van der Waals surface area contributed by atoms with Gasteiger partial charge in [-0.1, -0.05) is 18.2 Å². The van der Waals surface area contributed by atoms with Crippen molar-refractivity contribution in [3.05, 3.63) is 42.2 Å². The molecule has 0 spiro atoms. The summed E-state index contributed by atoms with van der Waals surface area (Å²) in [6.45, 7) is 7.81. The van der Waals surface area contributed by atoms with Crippen LogP contribution >= 0.6 is 0 Å². The van der Waals surface area contributed by atoms with Gasteiger partial charge in [-0.3, -0.25) is 9.78 Å². The highest BCUT2D eigenvalue weighted by atomic mass is 16.6. The number of aliphatic carboxylic acids is 1. The van der Waals surface area contributed by atoms with E-state index in [1.807, 2.05) is 45.9 Å². The predicted octanol–water partition coefficient (Wildman–Crippen LogP) is 4.05. The number of allylic oxidation sites excluding steroid dienone is 2. The van der Waals surface area contributed by atoms with Gasteiger partial charge in [0.25, 0.3) is 0 Å². The summed E-state index contributed by atoms with van der Waals surface area (Å²) < 4.78 is 5.55. The molecule has 1 aliphatic heterocycles. The number of amides is 1. The molecule has 142 valence electrons. The molecule has 0 bridgehead atoms. The van der Waals surface area contributed by atoms with Crippen molar-refractivity contribution in [1.82, 2.24) is 9.88 Å². The van der Waals surface area contributed by atoms with Crippen LogP contribution in [-0.2, 0) is 9.53 Å². The number of carbonyl (C=O) groups is 2. The second kappa shape index (κ2) is 8.34. The molecule has 1 fully saturated rings. The van der Waals surface area contributed by atoms with Crippen LogP contribution in [0.15, 0.2) is 36.7 Å². The smallest absolute Gasteiger partial charge is 0.410 e. The Morgan fingerprint density at radius 2 is 2.19 bits per heavy atom. The molecule has 1 saturated heterocycles. The average molecular weight is 360 g/mol. The quantitative estimate of drug-likeness (QED) is 0.802. The normalized spacial score (nSPS) is 21.8. The molecule has 26 heavy (non-hydrogen) atoms. The van der Waals surface area contributed by atoms with Gasteiger partial charge in [0.1, 0.15) is 5.60 Å². The monoisotopic (exact) mass is 360 g/mol. The van der Waals surface area contributed by atoms with Gasteiger partial charge < -0.3 is 14.7 Å². The Balaban J connectivity index is 2.36. The second-order valence-corrected chi connectivity index (χ2v) is 7.61. The minimum Gasteiger partial charge on any atom is -0.481 e. The molecule has 1 N–H and O–H groups in total. The van der Waals surface area contributed by atoms with Crippen molar-refractivity contribution < 1.29 is 19.4 Å². The Labute approximate surface area is 154 Å². The first kappa shape index (κ1) is 19.9. The van der Waals surface area contributed by atoms with E-state index in [0.29, 0.717) is 19.4 Å². The first-order valence-electron chi connectivity index (χ1n) is 8.98. The van der Waals surface area contributed by atoms with Crippen molar-refractivity contribution in [1.29, 1.82) is 0 Å². The summed E-state index contributed by atoms with van der Waals surface area (Å²) in [6, 6.07) is 3.34. The van der Waals surface area contributed by atoms with Crippen molar-refractivity contribution in [2.24, 2.45) is 11.8 Å². The van der Waals surface area contributed by atoms with Gasteiger partial charge in [0.15, 0.2) is 0 Å². The van der Waals surface area contributed by atoms with Crippen LogP contribution in [0.1, 0.15) is 52.1 Å². The molecule has 6 heteroatoms. The van der Waals surface area contributed by atoms with E-state index in [-0.39, 0.29) is 12.0 Å². The van der Waals surface area contributed by atoms with E-state index in [9.17, 15) is 14.7 Å². The van der Waals surface area contributed by atoms with Gasteiger partial charge in [-0.25, -0.2) is 4.79 Å². The standard InChI is InChI=1S/C20H28N2O4/c1-5-6-9-16(18(23)24)15-10-12-22(19(25)26-20(2,3)4)17(15)14-8-7-11-21-13-14/h5-8,11,13,15-17H,9-10,12H2,1-4H3,(H,23,24)/b6-5-/t15-,16?,17+/m0/s1. The number of carboxylic acid groups (broad SMARTS) is 1. The first-order chi connectivity index (χ1) is 12.2. The third kappa shape index (κ3) is 4.84. The maximum absolute atomic E-state index is 12.7. The summed E-state index contributed by atoms with van der Waals surface area (Å²) in [5.41, 5.74) is 0.235. The lowest BCUT2D eigenvalue weighted by atomic mass is 9.81. The van der Waals surface area contributed by atoms with Crippen molar-refractivity contribution in [2.75, 3.05) is 6.54 Å². The number of aromatic nitrogens is 1. The van der Waals surface area contributed by atoms with Crippen molar-refractivity contribution >= 4 is 12.1 Å². The summed E-state index contributed by atoms with van der Waals surface area (Å²) in [6.07, 6.45) is 7.74. The Morgan fingerprint density at radius 3 is 2.73 bits per heavy atom. The van der Waals surface area contributed by atoms with Crippen LogP contribution in [0.2, 0.25) is 0 Å². The predicted molar refractivity (Wildman–Crippen MR) is 98.6 cm³/mol. The second-order valence-electron chi connectivity index (χ2n) is 7.61. The van der Waals surface area contributed by atoms with E-state index in [1.54, 1.807) is 23.4 Å². The van der Waals surface area contributed by atoms with Crippen LogP contribution in [0.3, 0.4) is 0 Å². The lowest BCUT2D eigenvalue weighted by molar-refractivity contribution is -0.144. The molecule has 1 unspecified atom stereocenters. The molecule has 1 aromatic rings. The number of pyridine rings is 1. The Kier molecular flexibility index (Phi) is 6.40. The SMILES string of the molecule is C/C=C\CC(C(=O)O)[C@@H]1CCN(C(=O)OC(C)(C)C)[C@@H]1c1cccnc1. The highest BCUT2D eigenvalue weighted by Crippen LogP contribution is 2.43. The minimum atomic E-state index is -0.840. The van der Waals surface area contributed by atoms with Crippen molar-refractivity contribution in [2.45, 2.75) is 52.2 Å². The molecule has 0 aliphatic carbocycles. The number of carboxylic acids is 1. The van der Waals surface area contributed by atoms with E-state index in [0.717, 1.165) is 5.56 Å². The number of hydrogen-bond donors (Lipinski definition) is 1. The number of rotatable bonds is 5. The zero-order valence-electron chi connectivity index (χ0n) is 15.9. The number of ether oxygens (including phenoxy) is 1. The van der Waals surface area contributed by atoms with Crippen molar-refractivity contribution in [3.8, 4) is 0 Å². The van der Waals surface area contributed by atoms with Gasteiger partial charge in [-0.15, -0.1) is 0 Å². The molecular formula is C20H28N2O4. The zero-order valence-corrected chi connectivity index (χ0v) is 15.9. The third-order valence-electron chi connectivity index (χ3n) is 4.56. The molecule has 1 aromatic heterocycles. The van der Waals surface area contributed by atoms with Crippen LogP contribution in [0.4, 0.5) is 4.79 Å². The summed E-state index contributed by atoms with van der Waals surface area (Å²) in [5.74, 6) is -1.60. The first-order valence-corrected chi connectivity index (χ1v) is 8.98.